The fourth-order valence-electron chi connectivity index (χ4n) is 1.95. The van der Waals surface area contributed by atoms with E-state index in [1.165, 1.54) is 18.5 Å². The number of nitriles is 1. The highest BCUT2D eigenvalue weighted by molar-refractivity contribution is 5.86. The summed E-state index contributed by atoms with van der Waals surface area (Å²) in [6.07, 6.45) is 3.17. The molecule has 1 aromatic heterocycles. The first kappa shape index (κ1) is 14.5. The monoisotopic (exact) mass is 287 g/mol. The van der Waals surface area contributed by atoms with Crippen LogP contribution in [0.1, 0.15) is 19.3 Å². The quantitative estimate of drug-likeness (QED) is 0.475. The van der Waals surface area contributed by atoms with Crippen LogP contribution in [0, 0.1) is 21.4 Å². The minimum absolute atomic E-state index is 0.165. The van der Waals surface area contributed by atoms with Crippen LogP contribution in [-0.2, 0) is 0 Å². The van der Waals surface area contributed by atoms with E-state index in [1.54, 1.807) is 0 Å². The van der Waals surface area contributed by atoms with Crippen molar-refractivity contribution in [1.29, 1.82) is 5.26 Å². The number of hydrogen-bond acceptors (Lipinski definition) is 6. The second-order valence-electron chi connectivity index (χ2n) is 4.42. The van der Waals surface area contributed by atoms with Gasteiger partial charge >= 0.3 is 0 Å². The Morgan fingerprint density at radius 1 is 1.43 bits per heavy atom. The summed E-state index contributed by atoms with van der Waals surface area (Å²) in [6.45, 7) is 0.511. The Hall–Kier alpha value is -2.95. The van der Waals surface area contributed by atoms with Crippen molar-refractivity contribution in [2.75, 3.05) is 11.9 Å². The van der Waals surface area contributed by atoms with Crippen LogP contribution in [0.3, 0.4) is 0 Å². The minimum atomic E-state index is -0.538. The molecule has 0 aliphatic heterocycles. The van der Waals surface area contributed by atoms with Crippen molar-refractivity contribution < 1.29 is 4.92 Å². The van der Waals surface area contributed by atoms with E-state index < -0.39 is 10.5 Å². The summed E-state index contributed by atoms with van der Waals surface area (Å²) in [7, 11) is 0. The first-order chi connectivity index (χ1) is 10.1. The molecule has 0 saturated heterocycles. The maximum Gasteiger partial charge on any atom is 0.293 e. The number of fused-ring (bicyclic) bond motifs is 1. The molecule has 0 amide bonds. The summed E-state index contributed by atoms with van der Waals surface area (Å²) in [6, 6.07) is 4.76. The van der Waals surface area contributed by atoms with Gasteiger partial charge in [0, 0.05) is 19.0 Å². The van der Waals surface area contributed by atoms with Crippen LogP contribution >= 0.6 is 0 Å². The highest BCUT2D eigenvalue weighted by Crippen LogP contribution is 2.27. The summed E-state index contributed by atoms with van der Waals surface area (Å²) < 4.78 is 0. The maximum atomic E-state index is 11.6. The predicted octanol–water partition coefficient (Wildman–Crippen LogP) is 1.94. The van der Waals surface area contributed by atoms with Crippen molar-refractivity contribution in [3.63, 3.8) is 0 Å². The molecule has 0 spiro atoms. The van der Waals surface area contributed by atoms with E-state index in [1.807, 2.05) is 6.07 Å². The molecule has 0 radical (unpaired) electrons. The lowest BCUT2D eigenvalue weighted by Crippen LogP contribution is -2.09. The number of nitro benzene ring substituents is 1. The molecule has 8 nitrogen and oxygen atoms in total. The third-order valence-electron chi connectivity index (χ3n) is 2.99. The van der Waals surface area contributed by atoms with Crippen molar-refractivity contribution in [1.82, 2.24) is 9.97 Å². The number of aromatic amines is 1. The van der Waals surface area contributed by atoms with E-state index in [0.29, 0.717) is 24.2 Å². The number of aromatic nitrogens is 2. The van der Waals surface area contributed by atoms with Crippen molar-refractivity contribution in [3.05, 3.63) is 38.9 Å². The molecule has 0 saturated carbocycles. The van der Waals surface area contributed by atoms with Crippen molar-refractivity contribution in [2.45, 2.75) is 19.3 Å². The molecule has 2 rings (SSSR count). The summed E-state index contributed by atoms with van der Waals surface area (Å²) in [5.41, 5.74) is 0.136. The number of nitrogens with one attached hydrogen (secondary N) is 2. The zero-order chi connectivity index (χ0) is 15.2. The van der Waals surface area contributed by atoms with Crippen LogP contribution < -0.4 is 10.9 Å². The Morgan fingerprint density at radius 3 is 2.95 bits per heavy atom. The van der Waals surface area contributed by atoms with E-state index in [0.717, 1.165) is 12.8 Å². The van der Waals surface area contributed by atoms with Crippen molar-refractivity contribution in [2.24, 2.45) is 0 Å². The van der Waals surface area contributed by atoms with Crippen LogP contribution in [0.4, 0.5) is 11.4 Å². The lowest BCUT2D eigenvalue weighted by Gasteiger charge is -2.07. The topological polar surface area (TPSA) is 125 Å². The highest BCUT2D eigenvalue weighted by Gasteiger charge is 2.16. The maximum absolute atomic E-state index is 11.6. The molecule has 0 bridgehead atoms. The largest absolute Gasteiger partial charge is 0.379 e. The first-order valence-electron chi connectivity index (χ1n) is 6.40. The van der Waals surface area contributed by atoms with E-state index in [-0.39, 0.29) is 11.1 Å². The summed E-state index contributed by atoms with van der Waals surface area (Å²) in [4.78, 5) is 28.6. The van der Waals surface area contributed by atoms with E-state index in [4.69, 9.17) is 5.26 Å². The fraction of sp³-hybridized carbons (Fsp3) is 0.308. The zero-order valence-corrected chi connectivity index (χ0v) is 11.1. The molecule has 1 aromatic carbocycles. The van der Waals surface area contributed by atoms with Crippen LogP contribution in [0.5, 0.6) is 0 Å². The molecular formula is C13H13N5O3. The molecule has 2 N–H and O–H groups in total. The molecule has 21 heavy (non-hydrogen) atoms. The van der Waals surface area contributed by atoms with Gasteiger partial charge in [0.25, 0.3) is 11.2 Å². The molecule has 1 heterocycles. The smallest absolute Gasteiger partial charge is 0.293 e. The predicted molar refractivity (Wildman–Crippen MR) is 77.0 cm³/mol. The Bertz CT molecular complexity index is 762. The molecule has 0 fully saturated rings. The van der Waals surface area contributed by atoms with Crippen molar-refractivity contribution >= 4 is 22.3 Å². The number of nitrogens with zero attached hydrogens (tertiary/aromatic N) is 3. The van der Waals surface area contributed by atoms with Gasteiger partial charge in [-0.15, -0.1) is 0 Å². The molecular weight excluding hydrogens is 274 g/mol. The van der Waals surface area contributed by atoms with Crippen LogP contribution in [-0.4, -0.2) is 21.4 Å². The Balaban J connectivity index is 2.29. The zero-order valence-electron chi connectivity index (χ0n) is 11.1. The molecule has 0 aliphatic rings. The number of rotatable bonds is 6. The first-order valence-corrected chi connectivity index (χ1v) is 6.40. The summed E-state index contributed by atoms with van der Waals surface area (Å²) in [5, 5.41) is 22.7. The average Bonchev–Trinajstić information content (AvgIpc) is 2.46. The molecule has 8 heteroatoms. The van der Waals surface area contributed by atoms with E-state index in [9.17, 15) is 14.9 Å². The molecule has 0 unspecified atom stereocenters. The second-order valence-corrected chi connectivity index (χ2v) is 4.42. The van der Waals surface area contributed by atoms with Crippen LogP contribution in [0.25, 0.3) is 10.9 Å². The highest BCUT2D eigenvalue weighted by atomic mass is 16.6. The number of H-pyrrole nitrogens is 1. The number of unbranched alkanes of at least 4 members (excludes halogenated alkanes) is 2. The Morgan fingerprint density at radius 2 is 2.24 bits per heavy atom. The molecule has 108 valence electrons. The van der Waals surface area contributed by atoms with Gasteiger partial charge in [0.2, 0.25) is 0 Å². The van der Waals surface area contributed by atoms with Crippen molar-refractivity contribution in [3.8, 4) is 6.07 Å². The standard InChI is InChI=1S/C13H13N5O3/c14-4-2-1-3-5-15-11-7-10-9(6-12(11)18(20)21)13(19)17-8-16-10/h6-8,15H,1-3,5H2,(H,16,17,19). The van der Waals surface area contributed by atoms with Gasteiger partial charge in [-0.1, -0.05) is 0 Å². The second kappa shape index (κ2) is 6.47. The average molecular weight is 287 g/mol. The van der Waals surface area contributed by atoms with Gasteiger partial charge in [-0.05, 0) is 18.9 Å². The minimum Gasteiger partial charge on any atom is -0.379 e. The SMILES string of the molecule is N#CCCCCNc1cc2nc[nH]c(=O)c2cc1[N+](=O)[O-]. The van der Waals surface area contributed by atoms with Crippen LogP contribution in [0.2, 0.25) is 0 Å². The van der Waals surface area contributed by atoms with E-state index >= 15 is 0 Å². The van der Waals surface area contributed by atoms with Gasteiger partial charge in [0.15, 0.2) is 0 Å². The lowest BCUT2D eigenvalue weighted by molar-refractivity contribution is -0.383. The number of nitro groups is 1. The number of anilines is 1. The van der Waals surface area contributed by atoms with Crippen LogP contribution in [0.15, 0.2) is 23.3 Å². The lowest BCUT2D eigenvalue weighted by atomic mass is 10.2. The number of hydrogen-bond donors (Lipinski definition) is 2. The fourth-order valence-corrected chi connectivity index (χ4v) is 1.95. The van der Waals surface area contributed by atoms with Gasteiger partial charge in [-0.2, -0.15) is 5.26 Å². The third-order valence-corrected chi connectivity index (χ3v) is 2.99. The third kappa shape index (κ3) is 3.33. The molecule has 0 atom stereocenters. The van der Waals surface area contributed by atoms with Gasteiger partial charge in [0.05, 0.1) is 28.2 Å². The van der Waals surface area contributed by atoms with Gasteiger partial charge in [-0.3, -0.25) is 14.9 Å². The summed E-state index contributed by atoms with van der Waals surface area (Å²) in [5.74, 6) is 0. The number of benzene rings is 1. The normalized spacial score (nSPS) is 10.2. The van der Waals surface area contributed by atoms with Gasteiger partial charge < -0.3 is 10.3 Å². The Labute approximate surface area is 119 Å². The summed E-state index contributed by atoms with van der Waals surface area (Å²) >= 11 is 0. The Kier molecular flexibility index (Phi) is 4.46. The molecule has 0 aliphatic carbocycles. The van der Waals surface area contributed by atoms with Gasteiger partial charge in [-0.25, -0.2) is 4.98 Å². The van der Waals surface area contributed by atoms with E-state index in [2.05, 4.69) is 15.3 Å². The van der Waals surface area contributed by atoms with Gasteiger partial charge in [0.1, 0.15) is 5.69 Å². The molecule has 2 aromatic rings.